The van der Waals surface area contributed by atoms with Gasteiger partial charge in [0.2, 0.25) is 0 Å². The molecule has 0 spiro atoms. The molecule has 0 unspecified atom stereocenters. The molecule has 0 bridgehead atoms. The van der Waals surface area contributed by atoms with E-state index >= 15 is 0 Å². The number of ether oxygens (including phenoxy) is 1. The quantitative estimate of drug-likeness (QED) is 0.626. The van der Waals surface area contributed by atoms with E-state index < -0.39 is 0 Å². The molecule has 1 aromatic carbocycles. The standard InChI is InChI=1S/C14H19ClN2OS/c1-10(2)18-9-4-3-8-17-13-11(15)6-5-7-12(13)16-14(17)19/h5-7,10H,3-4,8-9H2,1-2H3,(H,16,19). The highest BCUT2D eigenvalue weighted by Gasteiger charge is 2.07. The van der Waals surface area contributed by atoms with Crippen LogP contribution in [0, 0.1) is 4.77 Å². The van der Waals surface area contributed by atoms with E-state index in [2.05, 4.69) is 23.4 Å². The van der Waals surface area contributed by atoms with Gasteiger partial charge in [-0.1, -0.05) is 17.7 Å². The lowest BCUT2D eigenvalue weighted by Gasteiger charge is -2.08. The molecular weight excluding hydrogens is 280 g/mol. The topological polar surface area (TPSA) is 29.9 Å². The lowest BCUT2D eigenvalue weighted by Crippen LogP contribution is -2.05. The number of benzene rings is 1. The molecule has 1 heterocycles. The van der Waals surface area contributed by atoms with Gasteiger partial charge in [-0.05, 0) is 51.0 Å². The van der Waals surface area contributed by atoms with Gasteiger partial charge in [-0.15, -0.1) is 0 Å². The number of aromatic nitrogens is 2. The summed E-state index contributed by atoms with van der Waals surface area (Å²) in [5.41, 5.74) is 2.00. The molecule has 19 heavy (non-hydrogen) atoms. The Hall–Kier alpha value is -0.840. The second-order valence-electron chi connectivity index (χ2n) is 4.84. The molecule has 0 amide bonds. The van der Waals surface area contributed by atoms with Crippen molar-refractivity contribution in [2.24, 2.45) is 0 Å². The molecule has 3 nitrogen and oxygen atoms in total. The highest BCUT2D eigenvalue weighted by atomic mass is 35.5. The molecule has 2 rings (SSSR count). The van der Waals surface area contributed by atoms with Gasteiger partial charge in [0.25, 0.3) is 0 Å². The summed E-state index contributed by atoms with van der Waals surface area (Å²) in [5.74, 6) is 0. The van der Waals surface area contributed by atoms with Gasteiger partial charge in [0.1, 0.15) is 0 Å². The summed E-state index contributed by atoms with van der Waals surface area (Å²) in [4.78, 5) is 3.19. The van der Waals surface area contributed by atoms with Crippen LogP contribution in [-0.2, 0) is 11.3 Å². The van der Waals surface area contributed by atoms with Crippen LogP contribution in [0.25, 0.3) is 11.0 Å². The van der Waals surface area contributed by atoms with Gasteiger partial charge >= 0.3 is 0 Å². The molecule has 1 aromatic heterocycles. The van der Waals surface area contributed by atoms with Crippen LogP contribution in [-0.4, -0.2) is 22.3 Å². The average Bonchev–Trinajstić information content (AvgIpc) is 2.66. The molecule has 0 aliphatic heterocycles. The van der Waals surface area contributed by atoms with Crippen LogP contribution in [0.15, 0.2) is 18.2 Å². The fourth-order valence-electron chi connectivity index (χ4n) is 2.08. The van der Waals surface area contributed by atoms with E-state index in [4.69, 9.17) is 28.6 Å². The predicted octanol–water partition coefficient (Wildman–Crippen LogP) is 4.56. The number of aromatic amines is 1. The Labute approximate surface area is 123 Å². The van der Waals surface area contributed by atoms with E-state index in [9.17, 15) is 0 Å². The lowest BCUT2D eigenvalue weighted by atomic mass is 10.3. The van der Waals surface area contributed by atoms with E-state index in [-0.39, 0.29) is 0 Å². The van der Waals surface area contributed by atoms with Gasteiger partial charge in [0, 0.05) is 13.2 Å². The summed E-state index contributed by atoms with van der Waals surface area (Å²) >= 11 is 11.6. The number of aryl methyl sites for hydroxylation is 1. The molecule has 0 aliphatic carbocycles. The fraction of sp³-hybridized carbons (Fsp3) is 0.500. The van der Waals surface area contributed by atoms with E-state index in [0.717, 1.165) is 46.8 Å². The first-order valence-corrected chi connectivity index (χ1v) is 7.37. The number of hydrogen-bond acceptors (Lipinski definition) is 2. The van der Waals surface area contributed by atoms with Crippen molar-refractivity contribution in [3.8, 4) is 0 Å². The first kappa shape index (κ1) is 14.6. The number of nitrogens with one attached hydrogen (secondary N) is 1. The van der Waals surface area contributed by atoms with Crippen molar-refractivity contribution in [1.82, 2.24) is 9.55 Å². The van der Waals surface area contributed by atoms with Crippen LogP contribution in [0.1, 0.15) is 26.7 Å². The number of nitrogens with zero attached hydrogens (tertiary/aromatic N) is 1. The maximum absolute atomic E-state index is 6.25. The Bertz CT molecular complexity index is 603. The molecule has 0 saturated carbocycles. The molecule has 104 valence electrons. The molecule has 2 aromatic rings. The van der Waals surface area contributed by atoms with Gasteiger partial charge < -0.3 is 14.3 Å². The predicted molar refractivity (Wildman–Crippen MR) is 82.5 cm³/mol. The van der Waals surface area contributed by atoms with Crippen LogP contribution in [0.5, 0.6) is 0 Å². The normalized spacial score (nSPS) is 11.6. The van der Waals surface area contributed by atoms with Gasteiger partial charge in [-0.3, -0.25) is 0 Å². The van der Waals surface area contributed by atoms with Crippen molar-refractivity contribution in [3.63, 3.8) is 0 Å². The van der Waals surface area contributed by atoms with Crippen molar-refractivity contribution in [1.29, 1.82) is 0 Å². The minimum atomic E-state index is 0.296. The highest BCUT2D eigenvalue weighted by Crippen LogP contribution is 2.23. The molecule has 0 fully saturated rings. The summed E-state index contributed by atoms with van der Waals surface area (Å²) in [7, 11) is 0. The zero-order chi connectivity index (χ0) is 13.8. The van der Waals surface area contributed by atoms with Gasteiger partial charge in [0.15, 0.2) is 4.77 Å². The second-order valence-corrected chi connectivity index (χ2v) is 5.64. The zero-order valence-electron chi connectivity index (χ0n) is 11.3. The van der Waals surface area contributed by atoms with Crippen molar-refractivity contribution < 1.29 is 4.74 Å². The summed E-state index contributed by atoms with van der Waals surface area (Å²) < 4.78 is 8.33. The maximum atomic E-state index is 6.25. The van der Waals surface area contributed by atoms with Crippen molar-refractivity contribution >= 4 is 34.9 Å². The molecule has 0 saturated heterocycles. The molecule has 5 heteroatoms. The second kappa shape index (κ2) is 6.55. The maximum Gasteiger partial charge on any atom is 0.178 e. The zero-order valence-corrected chi connectivity index (χ0v) is 12.9. The Morgan fingerprint density at radius 3 is 2.89 bits per heavy atom. The number of hydrogen-bond donors (Lipinski definition) is 1. The third-order valence-corrected chi connectivity index (χ3v) is 3.60. The number of unbranched alkanes of at least 4 members (excludes halogenated alkanes) is 1. The van der Waals surface area contributed by atoms with Gasteiger partial charge in [0.05, 0.1) is 22.2 Å². The summed E-state index contributed by atoms with van der Waals surface area (Å²) in [5, 5.41) is 0.739. The van der Waals surface area contributed by atoms with Crippen LogP contribution in [0.4, 0.5) is 0 Å². The summed E-state index contributed by atoms with van der Waals surface area (Å²) in [6, 6.07) is 5.82. The summed E-state index contributed by atoms with van der Waals surface area (Å²) in [6.45, 7) is 5.76. The van der Waals surface area contributed by atoms with Crippen molar-refractivity contribution in [2.45, 2.75) is 39.3 Å². The average molecular weight is 299 g/mol. The first-order chi connectivity index (χ1) is 9.09. The third kappa shape index (κ3) is 3.59. The van der Waals surface area contributed by atoms with E-state index in [0.29, 0.717) is 6.10 Å². The molecule has 1 N–H and O–H groups in total. The van der Waals surface area contributed by atoms with Gasteiger partial charge in [-0.25, -0.2) is 0 Å². The first-order valence-electron chi connectivity index (χ1n) is 6.58. The van der Waals surface area contributed by atoms with Crippen molar-refractivity contribution in [2.75, 3.05) is 6.61 Å². The molecule has 0 atom stereocenters. The smallest absolute Gasteiger partial charge is 0.178 e. The number of para-hydroxylation sites is 1. The summed E-state index contributed by atoms with van der Waals surface area (Å²) in [6.07, 6.45) is 2.35. The van der Waals surface area contributed by atoms with Crippen molar-refractivity contribution in [3.05, 3.63) is 28.0 Å². The van der Waals surface area contributed by atoms with Crippen LogP contribution in [0.3, 0.4) is 0 Å². The van der Waals surface area contributed by atoms with Crippen LogP contribution < -0.4 is 0 Å². The number of imidazole rings is 1. The number of halogens is 1. The van der Waals surface area contributed by atoms with Crippen LogP contribution in [0.2, 0.25) is 5.02 Å². The monoisotopic (exact) mass is 298 g/mol. The number of rotatable bonds is 6. The number of fused-ring (bicyclic) bond motifs is 1. The van der Waals surface area contributed by atoms with E-state index in [1.54, 1.807) is 0 Å². The van der Waals surface area contributed by atoms with Crippen LogP contribution >= 0.6 is 23.8 Å². The fourth-order valence-corrected chi connectivity index (χ4v) is 2.65. The molecule has 0 aliphatic rings. The molecule has 0 radical (unpaired) electrons. The Kier molecular flexibility index (Phi) is 5.02. The molecular formula is C14H19ClN2OS. The Balaban J connectivity index is 2.04. The van der Waals surface area contributed by atoms with E-state index in [1.165, 1.54) is 0 Å². The van der Waals surface area contributed by atoms with E-state index in [1.807, 2.05) is 18.2 Å². The Morgan fingerprint density at radius 1 is 1.37 bits per heavy atom. The Morgan fingerprint density at radius 2 is 2.16 bits per heavy atom. The number of H-pyrrole nitrogens is 1. The third-order valence-electron chi connectivity index (χ3n) is 2.97. The minimum Gasteiger partial charge on any atom is -0.379 e. The SMILES string of the molecule is CC(C)OCCCCn1c(=S)[nH]c2cccc(Cl)c21. The lowest BCUT2D eigenvalue weighted by molar-refractivity contribution is 0.0755. The highest BCUT2D eigenvalue weighted by molar-refractivity contribution is 7.71. The largest absolute Gasteiger partial charge is 0.379 e. The minimum absolute atomic E-state index is 0.296. The van der Waals surface area contributed by atoms with Gasteiger partial charge in [-0.2, -0.15) is 0 Å².